The van der Waals surface area contributed by atoms with Crippen molar-refractivity contribution >= 4 is 37.3 Å². The summed E-state index contributed by atoms with van der Waals surface area (Å²) < 4.78 is 29.4. The Morgan fingerprint density at radius 3 is 2.52 bits per heavy atom. The van der Waals surface area contributed by atoms with E-state index in [4.69, 9.17) is 0 Å². The van der Waals surface area contributed by atoms with Crippen molar-refractivity contribution in [2.24, 2.45) is 0 Å². The monoisotopic (exact) mass is 414 g/mol. The van der Waals surface area contributed by atoms with Gasteiger partial charge in [-0.3, -0.25) is 0 Å². The lowest BCUT2D eigenvalue weighted by Gasteiger charge is -2.28. The number of sulfonamides is 1. The van der Waals surface area contributed by atoms with Gasteiger partial charge in [-0.15, -0.1) is 11.3 Å². The summed E-state index contributed by atoms with van der Waals surface area (Å²) >= 11 is 4.92. The summed E-state index contributed by atoms with van der Waals surface area (Å²) in [6.07, 6.45) is 3.61. The lowest BCUT2D eigenvalue weighted by molar-refractivity contribution is 0.402. The molecule has 1 fully saturated rings. The zero-order valence-electron chi connectivity index (χ0n) is 13.1. The highest BCUT2D eigenvalue weighted by Crippen LogP contribution is 2.41. The summed E-state index contributed by atoms with van der Waals surface area (Å²) in [5.74, 6) is 0. The van der Waals surface area contributed by atoms with E-state index in [2.05, 4.69) is 25.6 Å². The molecule has 4 nitrogen and oxygen atoms in total. The van der Waals surface area contributed by atoms with Gasteiger partial charge in [-0.1, -0.05) is 18.9 Å². The number of nitrogens with zero attached hydrogens (tertiary/aromatic N) is 1. The Morgan fingerprint density at radius 1 is 1.26 bits per heavy atom. The summed E-state index contributed by atoms with van der Waals surface area (Å²) in [7, 11) is -3.62. The molecule has 2 aromatic rings. The highest BCUT2D eigenvalue weighted by atomic mass is 79.9. The standard InChI is InChI=1S/C16H19BrN2O2S2/c1-11-5-6-14(13(17)9-11)23(20,21)19-16(7-3-4-8-16)15-18-12(2)10-22-15/h5-6,9-10,19H,3-4,7-8H2,1-2H3. The van der Waals surface area contributed by atoms with Gasteiger partial charge in [0, 0.05) is 15.5 Å². The lowest BCUT2D eigenvalue weighted by Crippen LogP contribution is -2.43. The molecule has 1 N–H and O–H groups in total. The molecular formula is C16H19BrN2O2S2. The van der Waals surface area contributed by atoms with E-state index in [1.807, 2.05) is 31.4 Å². The van der Waals surface area contributed by atoms with Crippen molar-refractivity contribution < 1.29 is 8.42 Å². The smallest absolute Gasteiger partial charge is 0.242 e. The average Bonchev–Trinajstić information content (AvgIpc) is 3.08. The summed E-state index contributed by atoms with van der Waals surface area (Å²) in [6.45, 7) is 3.87. The maximum absolute atomic E-state index is 12.9. The molecule has 0 bridgehead atoms. The predicted molar refractivity (Wildman–Crippen MR) is 96.2 cm³/mol. The number of hydrogen-bond acceptors (Lipinski definition) is 4. The van der Waals surface area contributed by atoms with Crippen molar-refractivity contribution in [3.8, 4) is 0 Å². The van der Waals surface area contributed by atoms with E-state index >= 15 is 0 Å². The number of nitrogens with one attached hydrogen (secondary N) is 1. The van der Waals surface area contributed by atoms with Crippen LogP contribution in [0.25, 0.3) is 0 Å². The van der Waals surface area contributed by atoms with Crippen LogP contribution in [0.4, 0.5) is 0 Å². The van der Waals surface area contributed by atoms with Crippen LogP contribution in [0.5, 0.6) is 0 Å². The van der Waals surface area contributed by atoms with Gasteiger partial charge in [0.1, 0.15) is 5.01 Å². The van der Waals surface area contributed by atoms with Gasteiger partial charge in [0.15, 0.2) is 0 Å². The van der Waals surface area contributed by atoms with Crippen LogP contribution >= 0.6 is 27.3 Å². The minimum Gasteiger partial charge on any atom is -0.245 e. The van der Waals surface area contributed by atoms with Crippen molar-refractivity contribution in [2.75, 3.05) is 0 Å². The van der Waals surface area contributed by atoms with E-state index in [-0.39, 0.29) is 4.90 Å². The molecule has 0 saturated heterocycles. The van der Waals surface area contributed by atoms with Crippen LogP contribution in [-0.4, -0.2) is 13.4 Å². The molecule has 0 aliphatic heterocycles. The number of aryl methyl sites for hydroxylation is 2. The molecule has 0 spiro atoms. The second-order valence-electron chi connectivity index (χ2n) is 6.12. The molecule has 0 radical (unpaired) electrons. The van der Waals surface area contributed by atoms with Gasteiger partial charge in [-0.2, -0.15) is 4.72 Å². The summed E-state index contributed by atoms with van der Waals surface area (Å²) in [5.41, 5.74) is 1.39. The molecule has 3 rings (SSSR count). The van der Waals surface area contributed by atoms with Gasteiger partial charge in [0.25, 0.3) is 0 Å². The Hall–Kier alpha value is -0.760. The van der Waals surface area contributed by atoms with Gasteiger partial charge in [-0.25, -0.2) is 13.4 Å². The van der Waals surface area contributed by atoms with Crippen molar-refractivity contribution in [1.82, 2.24) is 9.71 Å². The highest BCUT2D eigenvalue weighted by Gasteiger charge is 2.42. The molecule has 1 aliphatic carbocycles. The number of aromatic nitrogens is 1. The first-order valence-corrected chi connectivity index (χ1v) is 10.7. The zero-order chi connectivity index (χ0) is 16.7. The zero-order valence-corrected chi connectivity index (χ0v) is 16.3. The molecule has 124 valence electrons. The van der Waals surface area contributed by atoms with Crippen LogP contribution in [0.1, 0.15) is 41.9 Å². The lowest BCUT2D eigenvalue weighted by atomic mass is 10.0. The number of thiazole rings is 1. The van der Waals surface area contributed by atoms with Gasteiger partial charge in [-0.05, 0) is 60.3 Å². The fourth-order valence-corrected chi connectivity index (χ4v) is 6.75. The number of hydrogen-bond donors (Lipinski definition) is 1. The summed E-state index contributed by atoms with van der Waals surface area (Å²) in [4.78, 5) is 4.84. The molecule has 1 saturated carbocycles. The maximum Gasteiger partial charge on any atom is 0.242 e. The topological polar surface area (TPSA) is 59.1 Å². The van der Waals surface area contributed by atoms with Gasteiger partial charge in [0.2, 0.25) is 10.0 Å². The average molecular weight is 415 g/mol. The van der Waals surface area contributed by atoms with E-state index in [1.165, 1.54) is 11.3 Å². The van der Waals surface area contributed by atoms with Crippen LogP contribution in [0, 0.1) is 13.8 Å². The van der Waals surface area contributed by atoms with E-state index < -0.39 is 15.6 Å². The first kappa shape index (κ1) is 17.1. The van der Waals surface area contributed by atoms with Crippen molar-refractivity contribution in [2.45, 2.75) is 50.0 Å². The Balaban J connectivity index is 2.00. The minimum atomic E-state index is -3.62. The van der Waals surface area contributed by atoms with E-state index in [0.29, 0.717) is 4.47 Å². The van der Waals surface area contributed by atoms with Gasteiger partial charge in [0.05, 0.1) is 10.4 Å². The Labute approximate surface area is 149 Å². The third kappa shape index (κ3) is 3.38. The molecule has 0 atom stereocenters. The fraction of sp³-hybridized carbons (Fsp3) is 0.438. The first-order valence-electron chi connectivity index (χ1n) is 7.55. The highest BCUT2D eigenvalue weighted by molar-refractivity contribution is 9.10. The molecule has 0 amide bonds. The summed E-state index contributed by atoms with van der Waals surface area (Å²) in [6, 6.07) is 5.29. The third-order valence-electron chi connectivity index (χ3n) is 4.19. The van der Waals surface area contributed by atoms with E-state index in [0.717, 1.165) is 41.9 Å². The quantitative estimate of drug-likeness (QED) is 0.812. The minimum absolute atomic E-state index is 0.280. The van der Waals surface area contributed by atoms with Crippen molar-refractivity contribution in [3.05, 3.63) is 44.3 Å². The van der Waals surface area contributed by atoms with E-state index in [9.17, 15) is 8.42 Å². The Morgan fingerprint density at radius 2 is 1.96 bits per heavy atom. The third-order valence-corrected chi connectivity index (χ3v) is 7.87. The second-order valence-corrected chi connectivity index (χ2v) is 9.49. The van der Waals surface area contributed by atoms with Crippen LogP contribution < -0.4 is 4.72 Å². The fourth-order valence-electron chi connectivity index (χ4n) is 3.05. The van der Waals surface area contributed by atoms with Gasteiger partial charge >= 0.3 is 0 Å². The SMILES string of the molecule is Cc1ccc(S(=O)(=O)NC2(c3nc(C)cs3)CCCC2)c(Br)c1. The van der Waals surface area contributed by atoms with Crippen molar-refractivity contribution in [3.63, 3.8) is 0 Å². The first-order chi connectivity index (χ1) is 10.8. The molecule has 1 heterocycles. The maximum atomic E-state index is 12.9. The summed E-state index contributed by atoms with van der Waals surface area (Å²) in [5, 5.41) is 2.85. The number of rotatable bonds is 4. The number of halogens is 1. The molecule has 1 aromatic heterocycles. The van der Waals surface area contributed by atoms with Crippen LogP contribution in [0.3, 0.4) is 0 Å². The number of benzene rings is 1. The second kappa shape index (κ2) is 6.27. The Bertz CT molecular complexity index is 824. The van der Waals surface area contributed by atoms with E-state index in [1.54, 1.807) is 6.07 Å². The van der Waals surface area contributed by atoms with Crippen LogP contribution in [0.15, 0.2) is 32.9 Å². The van der Waals surface area contributed by atoms with Crippen LogP contribution in [0.2, 0.25) is 0 Å². The molecule has 23 heavy (non-hydrogen) atoms. The Kier molecular flexibility index (Phi) is 4.66. The predicted octanol–water partition coefficient (Wildman–Crippen LogP) is 4.27. The van der Waals surface area contributed by atoms with Crippen LogP contribution in [-0.2, 0) is 15.6 Å². The molecule has 0 unspecified atom stereocenters. The van der Waals surface area contributed by atoms with Crippen molar-refractivity contribution in [1.29, 1.82) is 0 Å². The largest absolute Gasteiger partial charge is 0.245 e. The molecular weight excluding hydrogens is 396 g/mol. The molecule has 7 heteroatoms. The van der Waals surface area contributed by atoms with Gasteiger partial charge < -0.3 is 0 Å². The normalized spacial score (nSPS) is 17.5. The molecule has 1 aromatic carbocycles. The molecule has 1 aliphatic rings.